The van der Waals surface area contributed by atoms with Crippen LogP contribution in [0.4, 0.5) is 4.79 Å². The maximum Gasteiger partial charge on any atom is 0.328 e. The predicted molar refractivity (Wildman–Crippen MR) is 51.1 cm³/mol. The highest BCUT2D eigenvalue weighted by atomic mass is 16.4. The lowest BCUT2D eigenvalue weighted by molar-refractivity contribution is -0.131. The van der Waals surface area contributed by atoms with E-state index in [0.717, 1.165) is 25.3 Å². The van der Waals surface area contributed by atoms with Gasteiger partial charge in [-0.05, 0) is 19.3 Å². The van der Waals surface area contributed by atoms with Gasteiger partial charge in [0, 0.05) is 18.2 Å². The van der Waals surface area contributed by atoms with Crippen LogP contribution in [-0.2, 0) is 9.59 Å². The van der Waals surface area contributed by atoms with Gasteiger partial charge in [0.2, 0.25) is 0 Å². The van der Waals surface area contributed by atoms with Crippen LogP contribution in [0.3, 0.4) is 0 Å². The minimum atomic E-state index is -1.23. The number of carbonyl (C=O) groups is 3. The van der Waals surface area contributed by atoms with Gasteiger partial charge in [-0.1, -0.05) is 0 Å². The van der Waals surface area contributed by atoms with Crippen LogP contribution >= 0.6 is 0 Å². The van der Waals surface area contributed by atoms with E-state index in [1.807, 2.05) is 5.32 Å². The summed E-state index contributed by atoms with van der Waals surface area (Å²) < 4.78 is 0. The van der Waals surface area contributed by atoms with Crippen LogP contribution in [-0.4, -0.2) is 29.1 Å². The Morgan fingerprint density at radius 2 is 1.87 bits per heavy atom. The molecule has 0 saturated heterocycles. The standard InChI is InChI=1S/C9H12N2O4/c12-7(4-5-8(13)14)11-9(15)10-6-2-1-3-6/h4-6H,1-3H2,(H,13,14)(H2,10,11,12,15). The quantitative estimate of drug-likeness (QED) is 0.574. The monoisotopic (exact) mass is 212 g/mol. The summed E-state index contributed by atoms with van der Waals surface area (Å²) in [5.41, 5.74) is 0. The van der Waals surface area contributed by atoms with Crippen molar-refractivity contribution >= 4 is 17.9 Å². The van der Waals surface area contributed by atoms with E-state index in [9.17, 15) is 14.4 Å². The van der Waals surface area contributed by atoms with E-state index in [2.05, 4.69) is 5.32 Å². The molecule has 15 heavy (non-hydrogen) atoms. The summed E-state index contributed by atoms with van der Waals surface area (Å²) >= 11 is 0. The normalized spacial score (nSPS) is 15.7. The number of amides is 3. The van der Waals surface area contributed by atoms with Crippen molar-refractivity contribution in [1.29, 1.82) is 0 Å². The zero-order chi connectivity index (χ0) is 11.3. The van der Waals surface area contributed by atoms with Crippen LogP contribution in [0.2, 0.25) is 0 Å². The van der Waals surface area contributed by atoms with E-state index < -0.39 is 17.9 Å². The number of rotatable bonds is 3. The minimum Gasteiger partial charge on any atom is -0.478 e. The molecule has 6 heteroatoms. The van der Waals surface area contributed by atoms with Crippen molar-refractivity contribution in [3.05, 3.63) is 12.2 Å². The van der Waals surface area contributed by atoms with E-state index >= 15 is 0 Å². The molecular formula is C9H12N2O4. The number of hydrogen-bond acceptors (Lipinski definition) is 3. The van der Waals surface area contributed by atoms with Crippen LogP contribution in [0, 0.1) is 0 Å². The predicted octanol–water partition coefficient (Wildman–Crippen LogP) is 0.00550. The molecule has 1 fully saturated rings. The highest BCUT2D eigenvalue weighted by Gasteiger charge is 2.19. The topological polar surface area (TPSA) is 95.5 Å². The zero-order valence-electron chi connectivity index (χ0n) is 8.03. The number of nitrogens with one attached hydrogen (secondary N) is 2. The summed E-state index contributed by atoms with van der Waals surface area (Å²) in [5.74, 6) is -1.97. The lowest BCUT2D eigenvalue weighted by Crippen LogP contribution is -2.46. The second-order valence-electron chi connectivity index (χ2n) is 3.26. The molecule has 0 aliphatic heterocycles. The van der Waals surface area contributed by atoms with Crippen LogP contribution in [0.15, 0.2) is 12.2 Å². The Hall–Kier alpha value is -1.85. The summed E-state index contributed by atoms with van der Waals surface area (Å²) in [7, 11) is 0. The number of imide groups is 1. The molecule has 0 aromatic rings. The average Bonchev–Trinajstić information content (AvgIpc) is 2.08. The number of urea groups is 1. The molecule has 0 heterocycles. The summed E-state index contributed by atoms with van der Waals surface area (Å²) in [6, 6.07) is -0.444. The summed E-state index contributed by atoms with van der Waals surface area (Å²) in [6.45, 7) is 0. The minimum absolute atomic E-state index is 0.140. The van der Waals surface area contributed by atoms with Crippen molar-refractivity contribution in [3.8, 4) is 0 Å². The number of aliphatic carboxylic acids is 1. The van der Waals surface area contributed by atoms with Crippen molar-refractivity contribution < 1.29 is 19.5 Å². The molecule has 3 amide bonds. The largest absolute Gasteiger partial charge is 0.478 e. The highest BCUT2D eigenvalue weighted by Crippen LogP contribution is 2.17. The third-order valence-electron chi connectivity index (χ3n) is 2.05. The Labute approximate surface area is 86.3 Å². The summed E-state index contributed by atoms with van der Waals surface area (Å²) in [5, 5.41) is 12.8. The molecule has 1 aliphatic rings. The Morgan fingerprint density at radius 3 is 2.33 bits per heavy atom. The molecule has 1 rings (SSSR count). The molecule has 0 unspecified atom stereocenters. The van der Waals surface area contributed by atoms with Gasteiger partial charge in [0.1, 0.15) is 0 Å². The molecule has 0 radical (unpaired) electrons. The molecule has 1 saturated carbocycles. The van der Waals surface area contributed by atoms with Crippen molar-refractivity contribution in [2.45, 2.75) is 25.3 Å². The van der Waals surface area contributed by atoms with E-state index in [1.54, 1.807) is 0 Å². The first-order valence-electron chi connectivity index (χ1n) is 4.60. The fourth-order valence-corrected chi connectivity index (χ4v) is 1.07. The average molecular weight is 212 g/mol. The van der Waals surface area contributed by atoms with Gasteiger partial charge in [-0.25, -0.2) is 9.59 Å². The molecule has 3 N–H and O–H groups in total. The van der Waals surface area contributed by atoms with Crippen LogP contribution in [0.25, 0.3) is 0 Å². The molecule has 0 bridgehead atoms. The molecule has 6 nitrogen and oxygen atoms in total. The Kier molecular flexibility index (Phi) is 3.84. The third-order valence-corrected chi connectivity index (χ3v) is 2.05. The van der Waals surface area contributed by atoms with Crippen LogP contribution in [0.1, 0.15) is 19.3 Å². The van der Waals surface area contributed by atoms with E-state index in [1.165, 1.54) is 0 Å². The number of hydrogen-bond donors (Lipinski definition) is 3. The molecule has 0 atom stereocenters. The second kappa shape index (κ2) is 5.14. The first-order valence-corrected chi connectivity index (χ1v) is 4.60. The Balaban J connectivity index is 2.24. The van der Waals surface area contributed by atoms with Gasteiger partial charge in [-0.3, -0.25) is 10.1 Å². The van der Waals surface area contributed by atoms with Gasteiger partial charge in [0.05, 0.1) is 0 Å². The van der Waals surface area contributed by atoms with Gasteiger partial charge < -0.3 is 10.4 Å². The summed E-state index contributed by atoms with van der Waals surface area (Å²) in [6.07, 6.45) is 4.39. The van der Waals surface area contributed by atoms with E-state index in [4.69, 9.17) is 5.11 Å². The Morgan fingerprint density at radius 1 is 1.20 bits per heavy atom. The van der Waals surface area contributed by atoms with Crippen molar-refractivity contribution in [2.75, 3.05) is 0 Å². The fourth-order valence-electron chi connectivity index (χ4n) is 1.07. The SMILES string of the molecule is O=C(O)C=CC(=O)NC(=O)NC1CCC1. The highest BCUT2D eigenvalue weighted by molar-refractivity contribution is 6.02. The fraction of sp³-hybridized carbons (Fsp3) is 0.444. The van der Waals surface area contributed by atoms with Gasteiger partial charge in [0.15, 0.2) is 0 Å². The van der Waals surface area contributed by atoms with Gasteiger partial charge in [-0.2, -0.15) is 0 Å². The van der Waals surface area contributed by atoms with Gasteiger partial charge >= 0.3 is 12.0 Å². The van der Waals surface area contributed by atoms with Crippen LogP contribution < -0.4 is 10.6 Å². The van der Waals surface area contributed by atoms with E-state index in [0.29, 0.717) is 6.08 Å². The molecule has 0 spiro atoms. The maximum atomic E-state index is 11.1. The molecular weight excluding hydrogens is 200 g/mol. The Bertz CT molecular complexity index is 307. The van der Waals surface area contributed by atoms with Crippen molar-refractivity contribution in [3.63, 3.8) is 0 Å². The van der Waals surface area contributed by atoms with Crippen molar-refractivity contribution in [1.82, 2.24) is 10.6 Å². The maximum absolute atomic E-state index is 11.1. The number of carboxylic acids is 1. The van der Waals surface area contributed by atoms with Crippen molar-refractivity contribution in [2.24, 2.45) is 0 Å². The smallest absolute Gasteiger partial charge is 0.328 e. The molecule has 1 aliphatic carbocycles. The molecule has 0 aromatic heterocycles. The summed E-state index contributed by atoms with van der Waals surface area (Å²) in [4.78, 5) is 32.1. The molecule has 0 aromatic carbocycles. The molecule has 82 valence electrons. The third kappa shape index (κ3) is 4.26. The lowest BCUT2D eigenvalue weighted by atomic mass is 9.93. The number of carboxylic acid groups (broad SMARTS) is 1. The van der Waals surface area contributed by atoms with E-state index in [-0.39, 0.29) is 6.04 Å². The van der Waals surface area contributed by atoms with Crippen LogP contribution in [0.5, 0.6) is 0 Å². The first kappa shape index (κ1) is 11.2. The lowest BCUT2D eigenvalue weighted by Gasteiger charge is -2.25. The van der Waals surface area contributed by atoms with Gasteiger partial charge in [-0.15, -0.1) is 0 Å². The zero-order valence-corrected chi connectivity index (χ0v) is 8.03. The number of carbonyl (C=O) groups excluding carboxylic acids is 2. The first-order chi connectivity index (χ1) is 7.08. The second-order valence-corrected chi connectivity index (χ2v) is 3.26. The van der Waals surface area contributed by atoms with Gasteiger partial charge in [0.25, 0.3) is 5.91 Å².